The van der Waals surface area contributed by atoms with Gasteiger partial charge in [0, 0.05) is 37.4 Å². The first kappa shape index (κ1) is 11.0. The number of nitrogens with one attached hydrogen (secondary N) is 1. The summed E-state index contributed by atoms with van der Waals surface area (Å²) in [6.07, 6.45) is 10.9. The van der Waals surface area contributed by atoms with Crippen LogP contribution in [0.15, 0.2) is 48.5 Å². The summed E-state index contributed by atoms with van der Waals surface area (Å²) in [5, 5.41) is 1.18. The Labute approximate surface area is 106 Å². The highest BCUT2D eigenvalue weighted by Crippen LogP contribution is 2.21. The molecule has 3 N–H and O–H groups in total. The van der Waals surface area contributed by atoms with Crippen molar-refractivity contribution in [2.45, 2.75) is 12.6 Å². The Morgan fingerprint density at radius 2 is 2.39 bits per heavy atom. The van der Waals surface area contributed by atoms with Crippen molar-refractivity contribution in [1.82, 2.24) is 14.9 Å². The third-order valence-electron chi connectivity index (χ3n) is 3.28. The zero-order chi connectivity index (χ0) is 12.5. The van der Waals surface area contributed by atoms with Crippen LogP contribution in [-0.4, -0.2) is 28.1 Å². The minimum Gasteiger partial charge on any atom is -0.362 e. The second-order valence-corrected chi connectivity index (χ2v) is 4.61. The molecule has 3 heterocycles. The van der Waals surface area contributed by atoms with Crippen molar-refractivity contribution in [3.8, 4) is 0 Å². The average molecular weight is 240 g/mol. The van der Waals surface area contributed by atoms with Crippen LogP contribution in [0.2, 0.25) is 0 Å². The number of rotatable bonds is 2. The summed E-state index contributed by atoms with van der Waals surface area (Å²) in [5.74, 6) is 0. The van der Waals surface area contributed by atoms with Crippen molar-refractivity contribution in [3.05, 3.63) is 54.0 Å². The molecule has 4 nitrogen and oxygen atoms in total. The first-order valence-electron chi connectivity index (χ1n) is 6.01. The molecule has 2 aromatic heterocycles. The molecular weight excluding hydrogens is 224 g/mol. The van der Waals surface area contributed by atoms with Gasteiger partial charge in [-0.2, -0.15) is 0 Å². The number of fused-ring (bicyclic) bond motifs is 1. The van der Waals surface area contributed by atoms with E-state index in [1.807, 2.05) is 30.3 Å². The molecular formula is C14H16N4. The molecule has 1 aliphatic rings. The van der Waals surface area contributed by atoms with E-state index in [1.54, 1.807) is 6.20 Å². The monoisotopic (exact) mass is 240 g/mol. The predicted molar refractivity (Wildman–Crippen MR) is 72.8 cm³/mol. The maximum atomic E-state index is 5.88. The van der Waals surface area contributed by atoms with E-state index >= 15 is 0 Å². The highest BCUT2D eigenvalue weighted by atomic mass is 15.2. The van der Waals surface area contributed by atoms with Crippen molar-refractivity contribution in [2.75, 3.05) is 7.05 Å². The molecule has 3 rings (SSSR count). The normalized spacial score (nSPS) is 19.3. The van der Waals surface area contributed by atoms with Crippen LogP contribution < -0.4 is 5.73 Å². The molecule has 0 aromatic carbocycles. The Bertz CT molecular complexity index is 624. The van der Waals surface area contributed by atoms with Crippen LogP contribution in [0.3, 0.4) is 0 Å². The highest BCUT2D eigenvalue weighted by molar-refractivity contribution is 5.79. The molecule has 0 saturated heterocycles. The molecule has 0 amide bonds. The van der Waals surface area contributed by atoms with Crippen LogP contribution in [0.1, 0.15) is 5.56 Å². The minimum atomic E-state index is -0.0154. The SMILES string of the molecule is CN1C=C(Cc2c[nH]c3ncccc23)C=CC1N. The topological polar surface area (TPSA) is 57.9 Å². The standard InChI is InChI=1S/C14H16N4/c1-18-9-10(4-5-13(18)15)7-11-8-17-14-12(11)3-2-6-16-14/h2-6,8-9,13H,7,15H2,1H3,(H,16,17). The van der Waals surface area contributed by atoms with Crippen LogP contribution in [0.4, 0.5) is 0 Å². The van der Waals surface area contributed by atoms with Gasteiger partial charge in [0.25, 0.3) is 0 Å². The van der Waals surface area contributed by atoms with Gasteiger partial charge in [-0.1, -0.05) is 6.08 Å². The van der Waals surface area contributed by atoms with Gasteiger partial charge in [0.15, 0.2) is 0 Å². The number of H-pyrrole nitrogens is 1. The van der Waals surface area contributed by atoms with E-state index in [-0.39, 0.29) is 6.17 Å². The number of hydrogen-bond donors (Lipinski definition) is 2. The number of aromatic nitrogens is 2. The van der Waals surface area contributed by atoms with E-state index in [2.05, 4.69) is 28.3 Å². The Kier molecular flexibility index (Phi) is 2.64. The van der Waals surface area contributed by atoms with Crippen LogP contribution in [0, 0.1) is 0 Å². The van der Waals surface area contributed by atoms with Crippen LogP contribution >= 0.6 is 0 Å². The maximum Gasteiger partial charge on any atom is 0.137 e. The predicted octanol–water partition coefficient (Wildman–Crippen LogP) is 1.78. The molecule has 0 radical (unpaired) electrons. The maximum absolute atomic E-state index is 5.88. The van der Waals surface area contributed by atoms with E-state index < -0.39 is 0 Å². The van der Waals surface area contributed by atoms with Gasteiger partial charge in [0.1, 0.15) is 5.65 Å². The number of aromatic amines is 1. The fourth-order valence-electron chi connectivity index (χ4n) is 2.23. The van der Waals surface area contributed by atoms with Crippen molar-refractivity contribution in [3.63, 3.8) is 0 Å². The van der Waals surface area contributed by atoms with Gasteiger partial charge in [-0.25, -0.2) is 4.98 Å². The lowest BCUT2D eigenvalue weighted by atomic mass is 10.0. The van der Waals surface area contributed by atoms with Gasteiger partial charge < -0.3 is 15.6 Å². The fourth-order valence-corrected chi connectivity index (χ4v) is 2.23. The van der Waals surface area contributed by atoms with Gasteiger partial charge in [-0.3, -0.25) is 0 Å². The van der Waals surface area contributed by atoms with Crippen LogP contribution in [0.5, 0.6) is 0 Å². The summed E-state index contributed by atoms with van der Waals surface area (Å²) in [6.45, 7) is 0. The smallest absolute Gasteiger partial charge is 0.137 e. The molecule has 0 aliphatic carbocycles. The van der Waals surface area contributed by atoms with Gasteiger partial charge in [0.05, 0.1) is 6.17 Å². The molecule has 0 spiro atoms. The number of pyridine rings is 1. The van der Waals surface area contributed by atoms with Gasteiger partial charge in [-0.15, -0.1) is 0 Å². The van der Waals surface area contributed by atoms with E-state index in [4.69, 9.17) is 5.73 Å². The zero-order valence-corrected chi connectivity index (χ0v) is 10.3. The lowest BCUT2D eigenvalue weighted by Gasteiger charge is -2.24. The Morgan fingerprint density at radius 1 is 1.50 bits per heavy atom. The van der Waals surface area contributed by atoms with Crippen molar-refractivity contribution >= 4 is 11.0 Å². The summed E-state index contributed by atoms with van der Waals surface area (Å²) in [7, 11) is 1.99. The van der Waals surface area contributed by atoms with Crippen molar-refractivity contribution < 1.29 is 0 Å². The summed E-state index contributed by atoms with van der Waals surface area (Å²) in [4.78, 5) is 9.51. The molecule has 2 aromatic rings. The van der Waals surface area contributed by atoms with Crippen molar-refractivity contribution in [1.29, 1.82) is 0 Å². The molecule has 92 valence electrons. The quantitative estimate of drug-likeness (QED) is 0.841. The summed E-state index contributed by atoms with van der Waals surface area (Å²) >= 11 is 0. The van der Waals surface area contributed by atoms with E-state index in [1.165, 1.54) is 16.5 Å². The Balaban J connectivity index is 1.89. The largest absolute Gasteiger partial charge is 0.362 e. The lowest BCUT2D eigenvalue weighted by molar-refractivity contribution is 0.384. The molecule has 1 atom stereocenters. The number of nitrogens with zero attached hydrogens (tertiary/aromatic N) is 2. The number of hydrogen-bond acceptors (Lipinski definition) is 3. The second kappa shape index (κ2) is 4.31. The third kappa shape index (κ3) is 1.91. The van der Waals surface area contributed by atoms with Gasteiger partial charge in [-0.05, 0) is 29.3 Å². The summed E-state index contributed by atoms with van der Waals surface area (Å²) < 4.78 is 0. The Morgan fingerprint density at radius 3 is 3.22 bits per heavy atom. The molecule has 18 heavy (non-hydrogen) atoms. The number of likely N-dealkylation sites (N-methyl/N-ethyl adjacent to an activating group) is 1. The third-order valence-corrected chi connectivity index (χ3v) is 3.28. The molecule has 0 fully saturated rings. The van der Waals surface area contributed by atoms with Crippen molar-refractivity contribution in [2.24, 2.45) is 5.73 Å². The lowest BCUT2D eigenvalue weighted by Crippen LogP contribution is -2.35. The van der Waals surface area contributed by atoms with Gasteiger partial charge in [0.2, 0.25) is 0 Å². The van der Waals surface area contributed by atoms with Crippen LogP contribution in [0.25, 0.3) is 11.0 Å². The first-order valence-corrected chi connectivity index (χ1v) is 6.01. The van der Waals surface area contributed by atoms with Crippen LogP contribution in [-0.2, 0) is 6.42 Å². The average Bonchev–Trinajstić information content (AvgIpc) is 2.78. The highest BCUT2D eigenvalue weighted by Gasteiger charge is 2.11. The summed E-state index contributed by atoms with van der Waals surface area (Å²) in [6, 6.07) is 4.06. The van der Waals surface area contributed by atoms with E-state index in [9.17, 15) is 0 Å². The van der Waals surface area contributed by atoms with Gasteiger partial charge >= 0.3 is 0 Å². The molecule has 1 unspecified atom stereocenters. The van der Waals surface area contributed by atoms with E-state index in [0.29, 0.717) is 0 Å². The van der Waals surface area contributed by atoms with E-state index in [0.717, 1.165) is 12.1 Å². The fraction of sp³-hybridized carbons (Fsp3) is 0.214. The second-order valence-electron chi connectivity index (χ2n) is 4.61. The molecule has 1 aliphatic heterocycles. The summed E-state index contributed by atoms with van der Waals surface area (Å²) in [5.41, 5.74) is 9.34. The number of nitrogens with two attached hydrogens (primary N) is 1. The molecule has 0 saturated carbocycles. The zero-order valence-electron chi connectivity index (χ0n) is 10.3. The Hall–Kier alpha value is -2.07. The number of allylic oxidation sites excluding steroid dienone is 2. The first-order chi connectivity index (χ1) is 8.74. The molecule has 0 bridgehead atoms. The molecule has 4 heteroatoms. The minimum absolute atomic E-state index is 0.0154.